The Hall–Kier alpha value is -2.72. The van der Waals surface area contributed by atoms with E-state index in [-0.39, 0.29) is 12.5 Å². The molecule has 29 heavy (non-hydrogen) atoms. The topological polar surface area (TPSA) is 76.2 Å². The maximum atomic E-state index is 12.9. The van der Waals surface area contributed by atoms with Gasteiger partial charge in [-0.05, 0) is 11.6 Å². The molecule has 7 nitrogen and oxygen atoms in total. The van der Waals surface area contributed by atoms with Crippen molar-refractivity contribution in [2.24, 2.45) is 0 Å². The predicted molar refractivity (Wildman–Crippen MR) is 102 cm³/mol. The van der Waals surface area contributed by atoms with Gasteiger partial charge in [0.05, 0.1) is 24.8 Å². The van der Waals surface area contributed by atoms with Crippen molar-refractivity contribution in [1.29, 1.82) is 0 Å². The van der Waals surface area contributed by atoms with Crippen molar-refractivity contribution in [3.63, 3.8) is 0 Å². The number of hydrogen-bond acceptors (Lipinski definition) is 5. The number of carbonyl (C=O) groups is 1. The Labute approximate surface area is 170 Å². The van der Waals surface area contributed by atoms with Crippen LogP contribution in [0.3, 0.4) is 0 Å². The zero-order valence-corrected chi connectivity index (χ0v) is 16.2. The number of benzene rings is 1. The van der Waals surface area contributed by atoms with Crippen LogP contribution in [0.4, 0.5) is 8.78 Å². The van der Waals surface area contributed by atoms with Crippen LogP contribution in [0.25, 0.3) is 0 Å². The summed E-state index contributed by atoms with van der Waals surface area (Å²) in [7, 11) is 0. The van der Waals surface area contributed by atoms with Gasteiger partial charge in [0.1, 0.15) is 11.6 Å². The van der Waals surface area contributed by atoms with Crippen molar-refractivity contribution in [2.75, 3.05) is 6.61 Å². The largest absolute Gasteiger partial charge is 0.395 e. The fraction of sp³-hybridized carbons (Fsp3) is 0.316. The molecule has 3 heterocycles. The zero-order chi connectivity index (χ0) is 20.4. The van der Waals surface area contributed by atoms with Gasteiger partial charge >= 0.3 is 0 Å². The summed E-state index contributed by atoms with van der Waals surface area (Å²) in [5.74, 6) is -0.734. The van der Waals surface area contributed by atoms with Gasteiger partial charge in [0.2, 0.25) is 5.91 Å². The summed E-state index contributed by atoms with van der Waals surface area (Å²) >= 11 is 1.22. The lowest BCUT2D eigenvalue weighted by Crippen LogP contribution is -2.32. The average Bonchev–Trinajstić information content (AvgIpc) is 3.38. The van der Waals surface area contributed by atoms with Gasteiger partial charge in [-0.25, -0.2) is 12.9 Å². The number of carbonyl (C=O) groups excluding carboxylic acids is 1. The first-order valence-electron chi connectivity index (χ1n) is 9.05. The van der Waals surface area contributed by atoms with Crippen LogP contribution in [-0.4, -0.2) is 47.9 Å². The molecule has 1 aliphatic rings. The number of rotatable bonds is 7. The van der Waals surface area contributed by atoms with Crippen LogP contribution in [0, 0.1) is 0 Å². The molecule has 0 spiro atoms. The first-order valence-corrected chi connectivity index (χ1v) is 9.83. The molecule has 0 bridgehead atoms. The molecule has 1 N–H and O–H groups in total. The van der Waals surface area contributed by atoms with Gasteiger partial charge in [0, 0.05) is 36.4 Å². The van der Waals surface area contributed by atoms with Crippen LogP contribution >= 0.6 is 11.9 Å². The molecule has 0 saturated carbocycles. The minimum absolute atomic E-state index is 0.137. The average molecular weight is 419 g/mol. The molecule has 1 aliphatic heterocycles. The van der Waals surface area contributed by atoms with Crippen molar-refractivity contribution in [3.8, 4) is 0 Å². The lowest BCUT2D eigenvalue weighted by molar-refractivity contribution is -0.134. The molecule has 10 heteroatoms. The number of amides is 1. The summed E-state index contributed by atoms with van der Waals surface area (Å²) in [6.45, 7) is 0.0809. The lowest BCUT2D eigenvalue weighted by atomic mass is 9.98. The molecule has 3 aromatic rings. The number of nitrogens with zero attached hydrogens (tertiary/aromatic N) is 5. The van der Waals surface area contributed by atoms with Gasteiger partial charge < -0.3 is 10.0 Å². The van der Waals surface area contributed by atoms with Crippen molar-refractivity contribution in [1.82, 2.24) is 23.9 Å². The molecule has 4 rings (SSSR count). The van der Waals surface area contributed by atoms with Gasteiger partial charge in [-0.3, -0.25) is 9.48 Å². The van der Waals surface area contributed by atoms with Gasteiger partial charge in [0.15, 0.2) is 0 Å². The Morgan fingerprint density at radius 3 is 2.66 bits per heavy atom. The first-order chi connectivity index (χ1) is 14.0. The second-order valence-electron chi connectivity index (χ2n) is 6.70. The maximum Gasteiger partial charge on any atom is 0.257 e. The minimum atomic E-state index is -2.46. The highest BCUT2D eigenvalue weighted by molar-refractivity contribution is 7.97. The van der Waals surface area contributed by atoms with Crippen molar-refractivity contribution in [3.05, 3.63) is 65.6 Å². The maximum absolute atomic E-state index is 12.9. The molecule has 0 aliphatic carbocycles. The van der Waals surface area contributed by atoms with Gasteiger partial charge in [-0.15, -0.1) is 0 Å². The first kappa shape index (κ1) is 19.6. The van der Waals surface area contributed by atoms with Crippen molar-refractivity contribution >= 4 is 17.9 Å². The van der Waals surface area contributed by atoms with Crippen LogP contribution in [0.1, 0.15) is 22.7 Å². The minimum Gasteiger partial charge on any atom is -0.395 e. The highest BCUT2D eigenvalue weighted by Gasteiger charge is 2.31. The molecule has 1 unspecified atom stereocenters. The summed E-state index contributed by atoms with van der Waals surface area (Å²) in [6, 6.07) is 10.9. The summed E-state index contributed by atoms with van der Waals surface area (Å²) in [5.41, 5.74) is 2.48. The summed E-state index contributed by atoms with van der Waals surface area (Å²) in [4.78, 5) is 14.5. The number of hydrogen-bond donors (Lipinski definition) is 1. The predicted octanol–water partition coefficient (Wildman–Crippen LogP) is 2.52. The molecule has 1 amide bonds. The lowest BCUT2D eigenvalue weighted by Gasteiger charge is -2.22. The monoisotopic (exact) mass is 419 g/mol. The normalized spacial score (nSPS) is 14.4. The molecule has 152 valence electrons. The molecule has 1 aromatic carbocycles. The van der Waals surface area contributed by atoms with Crippen molar-refractivity contribution in [2.45, 2.75) is 37.0 Å². The number of fused-ring (bicyclic) bond motifs is 1. The smallest absolute Gasteiger partial charge is 0.257 e. The van der Waals surface area contributed by atoms with Crippen LogP contribution < -0.4 is 0 Å². The van der Waals surface area contributed by atoms with Crippen LogP contribution in [-0.2, 0) is 24.4 Å². The van der Waals surface area contributed by atoms with Crippen molar-refractivity contribution < 1.29 is 18.7 Å². The number of halogens is 2. The molecule has 0 radical (unpaired) electrons. The highest BCUT2D eigenvalue weighted by atomic mass is 32.2. The third kappa shape index (κ3) is 4.33. The number of aliphatic hydroxyl groups is 1. The van der Waals surface area contributed by atoms with E-state index in [1.807, 2.05) is 36.5 Å². The SMILES string of the molecule is O=C(C(CO)c1ccccc1)N1Cc2cn(Sc3ccn(CC(F)F)n3)nc2C1. The second-order valence-corrected chi connectivity index (χ2v) is 7.68. The quantitative estimate of drug-likeness (QED) is 0.637. The van der Waals surface area contributed by atoms with Gasteiger partial charge in [-0.1, -0.05) is 30.3 Å². The third-order valence-corrected chi connectivity index (χ3v) is 5.46. The molecule has 2 aromatic heterocycles. The molecule has 0 saturated heterocycles. The fourth-order valence-corrected chi connectivity index (χ4v) is 4.07. The Bertz CT molecular complexity index is 968. The van der Waals surface area contributed by atoms with E-state index in [1.54, 1.807) is 15.1 Å². The number of aromatic nitrogens is 4. The molecule has 1 atom stereocenters. The third-order valence-electron chi connectivity index (χ3n) is 4.68. The number of aliphatic hydroxyl groups excluding tert-OH is 1. The van der Waals surface area contributed by atoms with Crippen LogP contribution in [0.2, 0.25) is 0 Å². The van der Waals surface area contributed by atoms with Gasteiger partial charge in [0.25, 0.3) is 6.43 Å². The van der Waals surface area contributed by atoms with E-state index >= 15 is 0 Å². The van der Waals surface area contributed by atoms with Gasteiger partial charge in [-0.2, -0.15) is 10.2 Å². The summed E-state index contributed by atoms with van der Waals surface area (Å²) < 4.78 is 27.7. The Morgan fingerprint density at radius 1 is 1.17 bits per heavy atom. The van der Waals surface area contributed by atoms with Crippen LogP contribution in [0.15, 0.2) is 53.8 Å². The standard InChI is InChI=1S/C19H19F2N5O2S/c20-17(21)11-25-7-6-18(23-25)29-26-9-14-8-24(10-16(14)22-26)19(28)15(12-27)13-4-2-1-3-5-13/h1-7,9,15,17,27H,8,10-12H2. The highest BCUT2D eigenvalue weighted by Crippen LogP contribution is 2.28. The van der Waals surface area contributed by atoms with E-state index < -0.39 is 18.9 Å². The van der Waals surface area contributed by atoms with Crippen LogP contribution in [0.5, 0.6) is 0 Å². The Morgan fingerprint density at radius 2 is 1.97 bits per heavy atom. The Kier molecular flexibility index (Phi) is 5.63. The zero-order valence-electron chi connectivity index (χ0n) is 15.4. The number of alkyl halides is 2. The molecule has 0 fully saturated rings. The van der Waals surface area contributed by atoms with E-state index in [4.69, 9.17) is 0 Å². The second kappa shape index (κ2) is 8.34. The van der Waals surface area contributed by atoms with E-state index in [1.165, 1.54) is 22.8 Å². The van der Waals surface area contributed by atoms with E-state index in [2.05, 4.69) is 10.2 Å². The fourth-order valence-electron chi connectivity index (χ4n) is 3.29. The summed E-state index contributed by atoms with van der Waals surface area (Å²) in [6.07, 6.45) is 0.865. The van der Waals surface area contributed by atoms with E-state index in [0.717, 1.165) is 16.8 Å². The van der Waals surface area contributed by atoms with E-state index in [0.29, 0.717) is 18.1 Å². The molecular formula is C19H19F2N5O2S. The Balaban J connectivity index is 1.40. The molecular weight excluding hydrogens is 400 g/mol. The summed E-state index contributed by atoms with van der Waals surface area (Å²) in [5, 5.41) is 18.8. The van der Waals surface area contributed by atoms with E-state index in [9.17, 15) is 18.7 Å².